The van der Waals surface area contributed by atoms with Crippen LogP contribution in [-0.2, 0) is 29.4 Å². The van der Waals surface area contributed by atoms with Crippen LogP contribution in [0.4, 0.5) is 5.69 Å². The van der Waals surface area contributed by atoms with Crippen LogP contribution >= 0.6 is 0 Å². The number of aryl methyl sites for hydroxylation is 4. The van der Waals surface area contributed by atoms with Gasteiger partial charge >= 0.3 is 5.97 Å². The molecule has 1 aromatic heterocycles. The summed E-state index contributed by atoms with van der Waals surface area (Å²) in [4.78, 5) is 24.7. The highest BCUT2D eigenvalue weighted by Gasteiger charge is 2.22. The topological polar surface area (TPSA) is 73.2 Å². The first-order valence-corrected chi connectivity index (χ1v) is 8.50. The number of anilines is 1. The van der Waals surface area contributed by atoms with Crippen LogP contribution in [0.3, 0.4) is 0 Å². The lowest BCUT2D eigenvalue weighted by molar-refractivity contribution is -0.123. The van der Waals surface area contributed by atoms with Crippen molar-refractivity contribution >= 4 is 17.6 Å². The summed E-state index contributed by atoms with van der Waals surface area (Å²) in [6.45, 7) is 5.27. The minimum Gasteiger partial charge on any atom is -0.449 e. The van der Waals surface area contributed by atoms with Gasteiger partial charge in [0.15, 0.2) is 6.10 Å². The number of aromatic nitrogens is 2. The Balaban J connectivity index is 1.66. The Morgan fingerprint density at radius 2 is 1.96 bits per heavy atom. The molecule has 2 aromatic rings. The van der Waals surface area contributed by atoms with Gasteiger partial charge in [-0.05, 0) is 63.3 Å². The Hall–Kier alpha value is -2.63. The van der Waals surface area contributed by atoms with E-state index < -0.39 is 12.1 Å². The summed E-state index contributed by atoms with van der Waals surface area (Å²) in [6.07, 6.45) is 2.29. The van der Waals surface area contributed by atoms with Gasteiger partial charge in [0.25, 0.3) is 5.91 Å². The highest BCUT2D eigenvalue weighted by Crippen LogP contribution is 2.23. The molecular formula is C19H23N3O3. The monoisotopic (exact) mass is 341 g/mol. The van der Waals surface area contributed by atoms with Crippen molar-refractivity contribution in [1.82, 2.24) is 9.78 Å². The molecule has 0 bridgehead atoms. The molecule has 1 aromatic carbocycles. The average Bonchev–Trinajstić information content (AvgIpc) is 3.14. The Morgan fingerprint density at radius 1 is 1.24 bits per heavy atom. The summed E-state index contributed by atoms with van der Waals surface area (Å²) in [7, 11) is 1.81. The van der Waals surface area contributed by atoms with Crippen molar-refractivity contribution in [2.75, 3.05) is 5.32 Å². The van der Waals surface area contributed by atoms with E-state index in [0.717, 1.165) is 30.7 Å². The molecule has 132 valence electrons. The summed E-state index contributed by atoms with van der Waals surface area (Å²) < 4.78 is 7.04. The summed E-state index contributed by atoms with van der Waals surface area (Å²) in [5, 5.41) is 7.06. The number of hydrogen-bond acceptors (Lipinski definition) is 4. The second-order valence-electron chi connectivity index (χ2n) is 6.54. The first-order chi connectivity index (χ1) is 11.9. The number of nitrogens with one attached hydrogen (secondary N) is 1. The van der Waals surface area contributed by atoms with Gasteiger partial charge in [-0.3, -0.25) is 9.48 Å². The standard InChI is InChI=1S/C19H23N3O3/c1-11-17(12(2)22(4)21-11)20-18(23)13(3)25-19(24)16-9-8-14-6-5-7-15(14)10-16/h8-10,13H,5-7H2,1-4H3,(H,20,23). The second-order valence-corrected chi connectivity index (χ2v) is 6.54. The highest BCUT2D eigenvalue weighted by molar-refractivity contribution is 5.98. The van der Waals surface area contributed by atoms with E-state index in [-0.39, 0.29) is 5.91 Å². The molecule has 6 heteroatoms. The molecule has 1 amide bonds. The molecule has 1 aliphatic rings. The zero-order valence-electron chi connectivity index (χ0n) is 15.0. The maximum atomic E-state index is 12.4. The van der Waals surface area contributed by atoms with Crippen molar-refractivity contribution < 1.29 is 14.3 Å². The first kappa shape index (κ1) is 17.2. The lowest BCUT2D eigenvalue weighted by Crippen LogP contribution is -2.30. The highest BCUT2D eigenvalue weighted by atomic mass is 16.5. The number of nitrogens with zero attached hydrogens (tertiary/aromatic N) is 2. The van der Waals surface area contributed by atoms with Gasteiger partial charge in [-0.1, -0.05) is 6.07 Å². The third-order valence-corrected chi connectivity index (χ3v) is 4.74. The van der Waals surface area contributed by atoms with E-state index in [1.807, 2.05) is 33.0 Å². The average molecular weight is 341 g/mol. The maximum Gasteiger partial charge on any atom is 0.338 e. The fourth-order valence-electron chi connectivity index (χ4n) is 3.16. The molecule has 1 atom stereocenters. The van der Waals surface area contributed by atoms with Crippen molar-refractivity contribution in [2.45, 2.75) is 46.1 Å². The molecule has 0 spiro atoms. The molecule has 25 heavy (non-hydrogen) atoms. The van der Waals surface area contributed by atoms with E-state index in [1.54, 1.807) is 17.7 Å². The molecule has 0 fully saturated rings. The number of ether oxygens (including phenoxy) is 1. The van der Waals surface area contributed by atoms with Crippen molar-refractivity contribution in [3.8, 4) is 0 Å². The Morgan fingerprint density at radius 3 is 2.64 bits per heavy atom. The van der Waals surface area contributed by atoms with Gasteiger partial charge < -0.3 is 10.1 Å². The van der Waals surface area contributed by atoms with Crippen LogP contribution in [-0.4, -0.2) is 27.8 Å². The lowest BCUT2D eigenvalue weighted by Gasteiger charge is -2.14. The molecule has 0 radical (unpaired) electrons. The van der Waals surface area contributed by atoms with Crippen molar-refractivity contribution in [1.29, 1.82) is 0 Å². The van der Waals surface area contributed by atoms with E-state index in [0.29, 0.717) is 11.3 Å². The van der Waals surface area contributed by atoms with Gasteiger partial charge in [-0.15, -0.1) is 0 Å². The van der Waals surface area contributed by atoms with Crippen LogP contribution in [0.5, 0.6) is 0 Å². The van der Waals surface area contributed by atoms with Gasteiger partial charge in [0.2, 0.25) is 0 Å². The molecule has 1 N–H and O–H groups in total. The van der Waals surface area contributed by atoms with Crippen LogP contribution in [0.15, 0.2) is 18.2 Å². The van der Waals surface area contributed by atoms with Gasteiger partial charge in [0.05, 0.1) is 22.6 Å². The van der Waals surface area contributed by atoms with Crippen LogP contribution in [0.2, 0.25) is 0 Å². The van der Waals surface area contributed by atoms with Gasteiger partial charge in [0.1, 0.15) is 0 Å². The van der Waals surface area contributed by atoms with E-state index >= 15 is 0 Å². The van der Waals surface area contributed by atoms with Crippen LogP contribution in [0, 0.1) is 13.8 Å². The number of rotatable bonds is 4. The van der Waals surface area contributed by atoms with E-state index in [1.165, 1.54) is 11.1 Å². The zero-order chi connectivity index (χ0) is 18.1. The zero-order valence-corrected chi connectivity index (χ0v) is 15.0. The minimum atomic E-state index is -0.889. The summed E-state index contributed by atoms with van der Waals surface area (Å²) in [6, 6.07) is 5.63. The predicted molar refractivity (Wildman–Crippen MR) is 94.7 cm³/mol. The summed E-state index contributed by atoms with van der Waals surface area (Å²) in [5.41, 5.74) is 5.23. The quantitative estimate of drug-likeness (QED) is 0.868. The molecule has 1 heterocycles. The third-order valence-electron chi connectivity index (χ3n) is 4.74. The minimum absolute atomic E-state index is 0.367. The van der Waals surface area contributed by atoms with Crippen LogP contribution < -0.4 is 5.32 Å². The smallest absolute Gasteiger partial charge is 0.338 e. The fraction of sp³-hybridized carbons (Fsp3) is 0.421. The van der Waals surface area contributed by atoms with Gasteiger partial charge in [-0.25, -0.2) is 4.79 Å². The fourth-order valence-corrected chi connectivity index (χ4v) is 3.16. The molecule has 0 saturated carbocycles. The number of hydrogen-bond donors (Lipinski definition) is 1. The molecule has 3 rings (SSSR count). The summed E-state index contributed by atoms with van der Waals surface area (Å²) in [5.74, 6) is -0.842. The molecule has 1 unspecified atom stereocenters. The molecular weight excluding hydrogens is 318 g/mol. The number of carbonyl (C=O) groups is 2. The second kappa shape index (κ2) is 6.70. The number of fused-ring (bicyclic) bond motifs is 1. The van der Waals surface area contributed by atoms with E-state index in [9.17, 15) is 9.59 Å². The van der Waals surface area contributed by atoms with Crippen molar-refractivity contribution in [2.24, 2.45) is 7.05 Å². The van der Waals surface area contributed by atoms with Gasteiger partial charge in [0, 0.05) is 7.05 Å². The molecule has 0 aliphatic heterocycles. The molecule has 0 saturated heterocycles. The van der Waals surface area contributed by atoms with Crippen LogP contribution in [0.1, 0.15) is 46.2 Å². The van der Waals surface area contributed by atoms with E-state index in [4.69, 9.17) is 4.74 Å². The van der Waals surface area contributed by atoms with Crippen molar-refractivity contribution in [3.63, 3.8) is 0 Å². The number of benzene rings is 1. The first-order valence-electron chi connectivity index (χ1n) is 8.50. The Kier molecular flexibility index (Phi) is 4.61. The Bertz CT molecular complexity index is 839. The van der Waals surface area contributed by atoms with E-state index in [2.05, 4.69) is 10.4 Å². The summed E-state index contributed by atoms with van der Waals surface area (Å²) >= 11 is 0. The largest absolute Gasteiger partial charge is 0.449 e. The lowest BCUT2D eigenvalue weighted by atomic mass is 10.1. The third kappa shape index (κ3) is 3.43. The number of carbonyl (C=O) groups excluding carboxylic acids is 2. The normalized spacial score (nSPS) is 14.1. The Labute approximate surface area is 147 Å². The molecule has 1 aliphatic carbocycles. The SMILES string of the molecule is Cc1nn(C)c(C)c1NC(=O)C(C)OC(=O)c1ccc2c(c1)CCC2. The van der Waals surface area contributed by atoms with Gasteiger partial charge in [-0.2, -0.15) is 5.10 Å². The molecule has 6 nitrogen and oxygen atoms in total. The maximum absolute atomic E-state index is 12.4. The number of esters is 1. The predicted octanol–water partition coefficient (Wildman–Crippen LogP) is 2.71. The number of amides is 1. The van der Waals surface area contributed by atoms with Crippen molar-refractivity contribution in [3.05, 3.63) is 46.3 Å². The van der Waals surface area contributed by atoms with Crippen LogP contribution in [0.25, 0.3) is 0 Å².